The van der Waals surface area contributed by atoms with Crippen molar-refractivity contribution in [3.05, 3.63) is 48.7 Å². The van der Waals surface area contributed by atoms with E-state index >= 15 is 0 Å². The van der Waals surface area contributed by atoms with Crippen LogP contribution >= 0.6 is 0 Å². The molecule has 0 bridgehead atoms. The normalized spacial score (nSPS) is 12.3. The maximum atomic E-state index is 11.6. The minimum absolute atomic E-state index is 0.125. The fraction of sp³-hybridized carbons (Fsp3) is 0.267. The molecule has 100 valence electrons. The number of para-hydroxylation sites is 1. The highest BCUT2D eigenvalue weighted by Crippen LogP contribution is 2.17. The quantitative estimate of drug-likeness (QED) is 0.690. The molecule has 19 heavy (non-hydrogen) atoms. The van der Waals surface area contributed by atoms with E-state index in [4.69, 9.17) is 5.73 Å². The second-order valence-corrected chi connectivity index (χ2v) is 4.53. The third-order valence-electron chi connectivity index (χ3n) is 3.13. The minimum Gasteiger partial charge on any atom is -0.361 e. The summed E-state index contributed by atoms with van der Waals surface area (Å²) >= 11 is 0. The monoisotopic (exact) mass is 257 g/mol. The molecule has 0 spiro atoms. The van der Waals surface area contributed by atoms with Crippen LogP contribution in [0.5, 0.6) is 0 Å². The Morgan fingerprint density at radius 3 is 3.05 bits per heavy atom. The maximum Gasteiger partial charge on any atom is 0.237 e. The number of nitrogens with two attached hydrogens (primary N) is 1. The van der Waals surface area contributed by atoms with Crippen molar-refractivity contribution >= 4 is 16.8 Å². The van der Waals surface area contributed by atoms with E-state index in [1.165, 1.54) is 10.9 Å². The first-order chi connectivity index (χ1) is 9.22. The number of amides is 1. The molecule has 4 heteroatoms. The van der Waals surface area contributed by atoms with Gasteiger partial charge in [-0.2, -0.15) is 0 Å². The molecule has 1 amide bonds. The molecule has 2 aromatic rings. The highest BCUT2D eigenvalue weighted by atomic mass is 16.2. The molecule has 0 aliphatic carbocycles. The van der Waals surface area contributed by atoms with Crippen molar-refractivity contribution in [2.24, 2.45) is 5.73 Å². The van der Waals surface area contributed by atoms with Crippen LogP contribution in [0.2, 0.25) is 0 Å². The third kappa shape index (κ3) is 3.23. The van der Waals surface area contributed by atoms with E-state index in [0.29, 0.717) is 13.0 Å². The van der Waals surface area contributed by atoms with Crippen molar-refractivity contribution in [1.82, 2.24) is 10.3 Å². The predicted molar refractivity (Wildman–Crippen MR) is 77.8 cm³/mol. The highest BCUT2D eigenvalue weighted by molar-refractivity contribution is 5.83. The van der Waals surface area contributed by atoms with Gasteiger partial charge in [-0.15, -0.1) is 6.58 Å². The summed E-state index contributed by atoms with van der Waals surface area (Å²) in [4.78, 5) is 14.9. The highest BCUT2D eigenvalue weighted by Gasteiger charge is 2.10. The van der Waals surface area contributed by atoms with Crippen LogP contribution in [0, 0.1) is 0 Å². The van der Waals surface area contributed by atoms with Crippen LogP contribution in [0.1, 0.15) is 12.0 Å². The Balaban J connectivity index is 1.89. The molecule has 1 aromatic heterocycles. The van der Waals surface area contributed by atoms with Crippen molar-refractivity contribution < 1.29 is 4.79 Å². The van der Waals surface area contributed by atoms with Crippen LogP contribution in [-0.2, 0) is 11.2 Å². The van der Waals surface area contributed by atoms with Crippen LogP contribution in [0.3, 0.4) is 0 Å². The molecule has 1 atom stereocenters. The van der Waals surface area contributed by atoms with Gasteiger partial charge < -0.3 is 16.0 Å². The lowest BCUT2D eigenvalue weighted by atomic mass is 10.1. The zero-order valence-corrected chi connectivity index (χ0v) is 10.9. The lowest BCUT2D eigenvalue weighted by Crippen LogP contribution is -2.40. The molecular weight excluding hydrogens is 238 g/mol. The number of benzene rings is 1. The zero-order chi connectivity index (χ0) is 13.7. The van der Waals surface area contributed by atoms with Crippen molar-refractivity contribution in [3.63, 3.8) is 0 Å². The molecule has 0 aliphatic rings. The van der Waals surface area contributed by atoms with Gasteiger partial charge in [-0.1, -0.05) is 24.3 Å². The van der Waals surface area contributed by atoms with Gasteiger partial charge in [0.25, 0.3) is 0 Å². The van der Waals surface area contributed by atoms with Crippen molar-refractivity contribution in [2.45, 2.75) is 18.9 Å². The molecule has 0 saturated heterocycles. The maximum absolute atomic E-state index is 11.6. The Hall–Kier alpha value is -2.07. The van der Waals surface area contributed by atoms with Gasteiger partial charge in [0.2, 0.25) is 5.91 Å². The number of carbonyl (C=O) groups is 1. The molecule has 0 aliphatic heterocycles. The van der Waals surface area contributed by atoms with Crippen LogP contribution in [0.25, 0.3) is 10.9 Å². The molecule has 4 nitrogen and oxygen atoms in total. The van der Waals surface area contributed by atoms with Gasteiger partial charge in [0, 0.05) is 23.6 Å². The molecule has 0 fully saturated rings. The number of fused-ring (bicyclic) bond motifs is 1. The van der Waals surface area contributed by atoms with Gasteiger partial charge in [0.15, 0.2) is 0 Å². The standard InChI is InChI=1S/C15H19N3O/c1-2-5-13(16)15(19)17-9-8-11-10-18-14-7-4-3-6-12(11)14/h2-4,6-7,10,13,18H,1,5,8-9,16H2,(H,17,19). The first-order valence-electron chi connectivity index (χ1n) is 6.41. The van der Waals surface area contributed by atoms with Gasteiger partial charge in [-0.05, 0) is 24.5 Å². The average Bonchev–Trinajstić information content (AvgIpc) is 2.82. The van der Waals surface area contributed by atoms with Crippen molar-refractivity contribution in [2.75, 3.05) is 6.54 Å². The SMILES string of the molecule is C=CCC(N)C(=O)NCCc1c[nH]c2ccccc12. The fourth-order valence-electron chi connectivity index (χ4n) is 2.08. The zero-order valence-electron chi connectivity index (χ0n) is 10.9. The molecule has 1 unspecified atom stereocenters. The van der Waals surface area contributed by atoms with E-state index in [9.17, 15) is 4.79 Å². The van der Waals surface area contributed by atoms with Crippen molar-refractivity contribution in [1.29, 1.82) is 0 Å². The van der Waals surface area contributed by atoms with Crippen molar-refractivity contribution in [3.8, 4) is 0 Å². The largest absolute Gasteiger partial charge is 0.361 e. The molecule has 0 radical (unpaired) electrons. The molecule has 1 heterocycles. The Morgan fingerprint density at radius 2 is 2.26 bits per heavy atom. The van der Waals surface area contributed by atoms with Crippen LogP contribution < -0.4 is 11.1 Å². The molecule has 0 saturated carbocycles. The predicted octanol–water partition coefficient (Wildman–Crippen LogP) is 1.73. The van der Waals surface area contributed by atoms with Gasteiger partial charge >= 0.3 is 0 Å². The Labute approximate surface area is 112 Å². The summed E-state index contributed by atoms with van der Waals surface area (Å²) in [5, 5.41) is 4.05. The average molecular weight is 257 g/mol. The molecule has 4 N–H and O–H groups in total. The smallest absolute Gasteiger partial charge is 0.237 e. The molecule has 1 aromatic carbocycles. The minimum atomic E-state index is -0.500. The van der Waals surface area contributed by atoms with E-state index in [1.54, 1.807) is 6.08 Å². The summed E-state index contributed by atoms with van der Waals surface area (Å²) in [6, 6.07) is 7.63. The topological polar surface area (TPSA) is 70.9 Å². The van der Waals surface area contributed by atoms with E-state index in [-0.39, 0.29) is 5.91 Å². The second kappa shape index (κ2) is 6.20. The molecular formula is C15H19N3O. The van der Waals surface area contributed by atoms with Gasteiger partial charge in [-0.3, -0.25) is 4.79 Å². The number of nitrogens with one attached hydrogen (secondary N) is 2. The molecule has 2 rings (SSSR count). The first-order valence-corrected chi connectivity index (χ1v) is 6.41. The summed E-state index contributed by atoms with van der Waals surface area (Å²) in [6.45, 7) is 4.16. The number of hydrogen-bond acceptors (Lipinski definition) is 2. The van der Waals surface area contributed by atoms with Gasteiger partial charge in [0.05, 0.1) is 6.04 Å². The summed E-state index contributed by atoms with van der Waals surface area (Å²) < 4.78 is 0. The Kier molecular flexibility index (Phi) is 4.36. The van der Waals surface area contributed by atoms with E-state index in [2.05, 4.69) is 22.9 Å². The second-order valence-electron chi connectivity index (χ2n) is 4.53. The van der Waals surface area contributed by atoms with Gasteiger partial charge in [-0.25, -0.2) is 0 Å². The number of H-pyrrole nitrogens is 1. The third-order valence-corrected chi connectivity index (χ3v) is 3.13. The van der Waals surface area contributed by atoms with E-state index in [0.717, 1.165) is 11.9 Å². The van der Waals surface area contributed by atoms with E-state index in [1.807, 2.05) is 24.4 Å². The number of aromatic amines is 1. The number of carbonyl (C=O) groups excluding carboxylic acids is 1. The summed E-state index contributed by atoms with van der Waals surface area (Å²) in [6.07, 6.45) is 4.93. The van der Waals surface area contributed by atoms with E-state index < -0.39 is 6.04 Å². The summed E-state index contributed by atoms with van der Waals surface area (Å²) in [5.74, 6) is -0.125. The lowest BCUT2D eigenvalue weighted by Gasteiger charge is -2.09. The van der Waals surface area contributed by atoms with Gasteiger partial charge in [0.1, 0.15) is 0 Å². The summed E-state index contributed by atoms with van der Waals surface area (Å²) in [5.41, 5.74) is 8.01. The van der Waals surface area contributed by atoms with Crippen LogP contribution in [0.4, 0.5) is 0 Å². The van der Waals surface area contributed by atoms with Crippen LogP contribution in [0.15, 0.2) is 43.1 Å². The first kappa shape index (κ1) is 13.4. The number of aromatic nitrogens is 1. The Morgan fingerprint density at radius 1 is 1.47 bits per heavy atom. The lowest BCUT2D eigenvalue weighted by molar-refractivity contribution is -0.122. The number of hydrogen-bond donors (Lipinski definition) is 3. The van der Waals surface area contributed by atoms with Crippen LogP contribution in [-0.4, -0.2) is 23.5 Å². The summed E-state index contributed by atoms with van der Waals surface area (Å²) in [7, 11) is 0. The number of rotatable bonds is 6. The Bertz CT molecular complexity index is 574. The fourth-order valence-corrected chi connectivity index (χ4v) is 2.08.